The molecule has 0 aliphatic carbocycles. The fraction of sp³-hybridized carbons (Fsp3) is 0.700. The van der Waals surface area contributed by atoms with Crippen LogP contribution in [-0.4, -0.2) is 72.9 Å². The molecule has 1 aromatic heterocycles. The second-order valence-corrected chi connectivity index (χ2v) is 7.01. The van der Waals surface area contributed by atoms with Crippen molar-refractivity contribution in [1.29, 1.82) is 0 Å². The highest BCUT2D eigenvalue weighted by molar-refractivity contribution is 7.90. The minimum atomic E-state index is -3.08. The van der Waals surface area contributed by atoms with Gasteiger partial charge in [0.05, 0.1) is 18.0 Å². The zero-order valence-corrected chi connectivity index (χ0v) is 11.7. The Labute approximate surface area is 111 Å². The number of amides is 1. The van der Waals surface area contributed by atoms with Gasteiger partial charge < -0.3 is 10.2 Å². The third-order valence-electron chi connectivity index (χ3n) is 3.01. The van der Waals surface area contributed by atoms with Gasteiger partial charge in [0.25, 0.3) is 5.91 Å². The molecular weight excluding hydrogens is 270 g/mol. The van der Waals surface area contributed by atoms with Crippen LogP contribution < -0.4 is 5.32 Å². The Hall–Kier alpha value is -1.48. The number of carbonyl (C=O) groups is 1. The van der Waals surface area contributed by atoms with Gasteiger partial charge in [-0.05, 0) is 0 Å². The highest BCUT2D eigenvalue weighted by atomic mass is 32.2. The summed E-state index contributed by atoms with van der Waals surface area (Å²) in [6, 6.07) is 0.246. The first-order chi connectivity index (χ1) is 8.87. The first-order valence-electron chi connectivity index (χ1n) is 5.92. The van der Waals surface area contributed by atoms with Crippen LogP contribution in [0.25, 0.3) is 0 Å². The highest BCUT2D eigenvalue weighted by Crippen LogP contribution is 2.10. The monoisotopic (exact) mass is 287 g/mol. The summed E-state index contributed by atoms with van der Waals surface area (Å²) >= 11 is 0. The molecule has 0 unspecified atom stereocenters. The molecule has 0 saturated carbocycles. The first-order valence-corrected chi connectivity index (χ1v) is 7.98. The van der Waals surface area contributed by atoms with Crippen molar-refractivity contribution in [3.8, 4) is 0 Å². The van der Waals surface area contributed by atoms with Crippen molar-refractivity contribution in [3.05, 3.63) is 11.9 Å². The summed E-state index contributed by atoms with van der Waals surface area (Å²) in [5.74, 6) is -0.377. The molecule has 9 heteroatoms. The summed E-state index contributed by atoms with van der Waals surface area (Å²) in [5, 5.41) is 10.8. The molecule has 1 fully saturated rings. The molecule has 1 amide bonds. The first kappa shape index (κ1) is 13.9. The Morgan fingerprint density at radius 3 is 2.79 bits per heavy atom. The van der Waals surface area contributed by atoms with Gasteiger partial charge in [0.15, 0.2) is 5.69 Å². The smallest absolute Gasteiger partial charge is 0.275 e. The van der Waals surface area contributed by atoms with Gasteiger partial charge in [-0.3, -0.25) is 4.79 Å². The maximum atomic E-state index is 12.0. The lowest BCUT2D eigenvalue weighted by Crippen LogP contribution is -2.43. The SMILES string of the molecule is CN(CCS(C)(=O)=O)C(=O)c1cn(C2CNC2)nn1. The van der Waals surface area contributed by atoms with Gasteiger partial charge in [0, 0.05) is 32.9 Å². The van der Waals surface area contributed by atoms with Crippen LogP contribution in [0.4, 0.5) is 0 Å². The van der Waals surface area contributed by atoms with Crippen LogP contribution in [0.1, 0.15) is 16.5 Å². The summed E-state index contributed by atoms with van der Waals surface area (Å²) in [6.07, 6.45) is 2.75. The predicted molar refractivity (Wildman–Crippen MR) is 68.6 cm³/mol. The number of nitrogens with zero attached hydrogens (tertiary/aromatic N) is 4. The summed E-state index contributed by atoms with van der Waals surface area (Å²) in [7, 11) is -1.53. The van der Waals surface area contributed by atoms with E-state index in [1.54, 1.807) is 17.9 Å². The van der Waals surface area contributed by atoms with Crippen LogP contribution in [0, 0.1) is 0 Å². The van der Waals surface area contributed by atoms with Crippen molar-refractivity contribution in [2.75, 3.05) is 38.7 Å². The number of nitrogens with one attached hydrogen (secondary N) is 1. The van der Waals surface area contributed by atoms with Crippen LogP contribution in [0.5, 0.6) is 0 Å². The number of rotatable bonds is 5. The number of hydrogen-bond acceptors (Lipinski definition) is 6. The van der Waals surface area contributed by atoms with Gasteiger partial charge >= 0.3 is 0 Å². The van der Waals surface area contributed by atoms with E-state index in [1.807, 2.05) is 0 Å². The number of aromatic nitrogens is 3. The molecule has 0 atom stereocenters. The van der Waals surface area contributed by atoms with Gasteiger partial charge in [0.1, 0.15) is 9.84 Å². The van der Waals surface area contributed by atoms with E-state index >= 15 is 0 Å². The maximum absolute atomic E-state index is 12.0. The van der Waals surface area contributed by atoms with E-state index in [0.717, 1.165) is 19.3 Å². The zero-order valence-electron chi connectivity index (χ0n) is 10.9. The standard InChI is InChI=1S/C10H17N5O3S/c1-14(3-4-19(2,17)18)10(16)9-7-15(13-12-9)8-5-11-6-8/h7-8,11H,3-6H2,1-2H3. The van der Waals surface area contributed by atoms with Crippen molar-refractivity contribution in [3.63, 3.8) is 0 Å². The third kappa shape index (κ3) is 3.51. The summed E-state index contributed by atoms with van der Waals surface area (Å²) in [5.41, 5.74) is 0.239. The molecule has 106 valence electrons. The van der Waals surface area contributed by atoms with Crippen LogP contribution >= 0.6 is 0 Å². The van der Waals surface area contributed by atoms with Crippen molar-refractivity contribution in [2.24, 2.45) is 0 Å². The van der Waals surface area contributed by atoms with Crippen molar-refractivity contribution in [2.45, 2.75) is 6.04 Å². The fourth-order valence-electron chi connectivity index (χ4n) is 1.61. The Bertz CT molecular complexity index is 563. The van der Waals surface area contributed by atoms with Crippen molar-refractivity contribution >= 4 is 15.7 Å². The minimum Gasteiger partial charge on any atom is -0.339 e. The van der Waals surface area contributed by atoms with Gasteiger partial charge in [-0.25, -0.2) is 13.1 Å². The Balaban J connectivity index is 1.96. The van der Waals surface area contributed by atoms with E-state index in [1.165, 1.54) is 4.90 Å². The number of hydrogen-bond donors (Lipinski definition) is 1. The quantitative estimate of drug-likeness (QED) is 0.711. The van der Waals surface area contributed by atoms with Crippen LogP contribution in [0.15, 0.2) is 6.20 Å². The molecule has 1 aliphatic rings. The summed E-state index contributed by atoms with van der Waals surface area (Å²) in [6.45, 7) is 1.79. The lowest BCUT2D eigenvalue weighted by Gasteiger charge is -2.26. The Kier molecular flexibility index (Phi) is 3.85. The van der Waals surface area contributed by atoms with E-state index in [9.17, 15) is 13.2 Å². The van der Waals surface area contributed by atoms with E-state index in [2.05, 4.69) is 15.6 Å². The molecule has 2 heterocycles. The molecule has 0 aromatic carbocycles. The number of carbonyl (C=O) groups excluding carboxylic acids is 1. The molecule has 0 bridgehead atoms. The van der Waals surface area contributed by atoms with Gasteiger partial charge in [-0.1, -0.05) is 5.21 Å². The third-order valence-corrected chi connectivity index (χ3v) is 3.93. The van der Waals surface area contributed by atoms with E-state index in [-0.39, 0.29) is 29.9 Å². The fourth-order valence-corrected chi connectivity index (χ4v) is 2.22. The lowest BCUT2D eigenvalue weighted by molar-refractivity contribution is 0.0797. The minimum absolute atomic E-state index is 0.0596. The normalized spacial score (nSPS) is 16.1. The molecule has 1 N–H and O–H groups in total. The number of sulfone groups is 1. The van der Waals surface area contributed by atoms with Crippen LogP contribution in [-0.2, 0) is 9.84 Å². The van der Waals surface area contributed by atoms with Crippen LogP contribution in [0.2, 0.25) is 0 Å². The second kappa shape index (κ2) is 5.25. The maximum Gasteiger partial charge on any atom is 0.275 e. The topological polar surface area (TPSA) is 97.2 Å². The zero-order chi connectivity index (χ0) is 14.0. The second-order valence-electron chi connectivity index (χ2n) is 4.75. The van der Waals surface area contributed by atoms with Crippen molar-refractivity contribution in [1.82, 2.24) is 25.2 Å². The Morgan fingerprint density at radius 2 is 2.26 bits per heavy atom. The molecule has 0 spiro atoms. The average molecular weight is 287 g/mol. The Morgan fingerprint density at radius 1 is 1.58 bits per heavy atom. The lowest BCUT2D eigenvalue weighted by atomic mass is 10.2. The largest absolute Gasteiger partial charge is 0.339 e. The molecule has 1 aliphatic heterocycles. The summed E-state index contributed by atoms with van der Waals surface area (Å²) in [4.78, 5) is 13.3. The molecular formula is C10H17N5O3S. The van der Waals surface area contributed by atoms with E-state index in [4.69, 9.17) is 0 Å². The molecule has 19 heavy (non-hydrogen) atoms. The molecule has 1 aromatic rings. The van der Waals surface area contributed by atoms with Crippen molar-refractivity contribution < 1.29 is 13.2 Å². The van der Waals surface area contributed by atoms with Crippen LogP contribution in [0.3, 0.4) is 0 Å². The van der Waals surface area contributed by atoms with Gasteiger partial charge in [-0.15, -0.1) is 5.10 Å². The van der Waals surface area contributed by atoms with E-state index in [0.29, 0.717) is 0 Å². The summed E-state index contributed by atoms with van der Waals surface area (Å²) < 4.78 is 23.8. The molecule has 1 saturated heterocycles. The molecule has 8 nitrogen and oxygen atoms in total. The highest BCUT2D eigenvalue weighted by Gasteiger charge is 2.23. The van der Waals surface area contributed by atoms with Gasteiger partial charge in [-0.2, -0.15) is 0 Å². The predicted octanol–water partition coefficient (Wildman–Crippen LogP) is -1.46. The molecule has 2 rings (SSSR count). The van der Waals surface area contributed by atoms with E-state index < -0.39 is 9.84 Å². The van der Waals surface area contributed by atoms with Gasteiger partial charge in [0.2, 0.25) is 0 Å². The average Bonchev–Trinajstić information content (AvgIpc) is 2.70. The molecule has 0 radical (unpaired) electrons.